The summed E-state index contributed by atoms with van der Waals surface area (Å²) in [5.41, 5.74) is 1.21. The van der Waals surface area contributed by atoms with E-state index in [1.165, 1.54) is 14.2 Å². The fraction of sp³-hybridized carbons (Fsp3) is 0.400. The first-order valence-electron chi connectivity index (χ1n) is 7.95. The Labute approximate surface area is 206 Å². The number of rotatable bonds is 4. The van der Waals surface area contributed by atoms with Crippen molar-refractivity contribution in [1.82, 2.24) is 0 Å². The van der Waals surface area contributed by atoms with Crippen molar-refractivity contribution < 1.29 is 72.9 Å². The maximum Gasteiger partial charge on any atom is 0 e. The topological polar surface area (TPSA) is 178 Å². The molecule has 0 saturated carbocycles. The summed E-state index contributed by atoms with van der Waals surface area (Å²) in [6.07, 6.45) is 0. The average Bonchev–Trinajstić information content (AvgIpc) is 3.35. The van der Waals surface area contributed by atoms with Gasteiger partial charge in [-0.1, -0.05) is 11.1 Å². The Morgan fingerprint density at radius 2 is 1.03 bits per heavy atom. The Kier molecular flexibility index (Phi) is 30.3. The monoisotopic (exact) mass is 650 g/mol. The minimum absolute atomic E-state index is 0. The molecule has 0 aromatic carbocycles. The number of hydrogen-bond acceptors (Lipinski definition) is 6. The van der Waals surface area contributed by atoms with Crippen molar-refractivity contribution in [2.75, 3.05) is 20.8 Å². The van der Waals surface area contributed by atoms with Gasteiger partial charge in [-0.2, -0.15) is 0 Å². The normalized spacial score (nSPS) is 17.8. The van der Waals surface area contributed by atoms with E-state index >= 15 is 0 Å². The van der Waals surface area contributed by atoms with Crippen LogP contribution in [0.25, 0.3) is 0 Å². The van der Waals surface area contributed by atoms with Gasteiger partial charge in [0.15, 0.2) is 0 Å². The molecular weight excluding hydrogens is 631 g/mol. The van der Waals surface area contributed by atoms with Crippen molar-refractivity contribution in [1.29, 1.82) is 0 Å². The molecule has 2 bridgehead atoms. The summed E-state index contributed by atoms with van der Waals surface area (Å²) >= 11 is 0. The van der Waals surface area contributed by atoms with Gasteiger partial charge in [-0.25, -0.2) is 14.4 Å². The first kappa shape index (κ1) is 41.0. The van der Waals surface area contributed by atoms with Gasteiger partial charge in [-0.15, -0.1) is 0 Å². The molecule has 33 heavy (non-hydrogen) atoms. The third kappa shape index (κ3) is 9.61. The van der Waals surface area contributed by atoms with Gasteiger partial charge < -0.3 is 14.2 Å². The summed E-state index contributed by atoms with van der Waals surface area (Å²) in [6, 6.07) is 0. The van der Waals surface area contributed by atoms with E-state index in [1.807, 2.05) is 13.8 Å². The van der Waals surface area contributed by atoms with Gasteiger partial charge in [0.1, 0.15) is 0 Å². The fourth-order valence-electron chi connectivity index (χ4n) is 3.08. The minimum Gasteiger partial charge on any atom is 0 e. The third-order valence-electron chi connectivity index (χ3n) is 4.12. The zero-order valence-electron chi connectivity index (χ0n) is 18.2. The van der Waals surface area contributed by atoms with Crippen LogP contribution in [0.15, 0.2) is 22.3 Å². The molecule has 2 atom stereocenters. The van der Waals surface area contributed by atoms with E-state index in [4.69, 9.17) is 37.5 Å². The summed E-state index contributed by atoms with van der Waals surface area (Å²) in [4.78, 5) is 36.7. The second-order valence-corrected chi connectivity index (χ2v) is 7.30. The molecular formula is C20H19O11PW. The third-order valence-corrected chi connectivity index (χ3v) is 7.08. The standard InChI is InChI=1S/C15H19O6P.5CO.W/c1-6-21-15(18)22-11-7(2)8(3)12(22)10(14(17)20-5)9(11)13(16)19-4;5*1-2;/h11-12H,6H2,1-5H3;;;;;;. The minimum atomic E-state index is -1.37. The molecule has 0 amide bonds. The van der Waals surface area contributed by atoms with Crippen LogP contribution in [-0.2, 0) is 68.1 Å². The number of esters is 2. The van der Waals surface area contributed by atoms with Gasteiger partial charge >= 0.3 is 74.2 Å². The summed E-state index contributed by atoms with van der Waals surface area (Å²) in [7, 11) is 1.15. The molecule has 176 valence electrons. The molecule has 0 aliphatic carbocycles. The zero-order valence-corrected chi connectivity index (χ0v) is 22.0. The van der Waals surface area contributed by atoms with Crippen LogP contribution in [0.5, 0.6) is 0 Å². The smallest absolute Gasteiger partial charge is 0 e. The number of methoxy groups -OCH3 is 2. The number of hydrogen-bond donors (Lipinski definition) is 0. The summed E-state index contributed by atoms with van der Waals surface area (Å²) < 4.78 is 52.3. The quantitative estimate of drug-likeness (QED) is 0.112. The maximum atomic E-state index is 12.4. The number of carbonyl (C=O) groups excluding carboxylic acids is 3. The largest absolute Gasteiger partial charge is 0 e. The summed E-state index contributed by atoms with van der Waals surface area (Å²) in [5.74, 6) is -1.17. The van der Waals surface area contributed by atoms with Crippen LogP contribution in [0.3, 0.4) is 0 Å². The van der Waals surface area contributed by atoms with Crippen LogP contribution in [0.2, 0.25) is 0 Å². The molecule has 0 fully saturated rings. The second-order valence-electron chi connectivity index (χ2n) is 5.09. The molecule has 13 heteroatoms. The summed E-state index contributed by atoms with van der Waals surface area (Å²) in [5, 5.41) is 0. The van der Waals surface area contributed by atoms with E-state index in [-0.39, 0.29) is 44.5 Å². The van der Waals surface area contributed by atoms with Crippen molar-refractivity contribution in [3.63, 3.8) is 0 Å². The van der Waals surface area contributed by atoms with Crippen LogP contribution in [0.1, 0.15) is 20.8 Å². The van der Waals surface area contributed by atoms with Crippen LogP contribution in [0.4, 0.5) is 4.79 Å². The summed E-state index contributed by atoms with van der Waals surface area (Å²) in [6.45, 7) is 28.3. The number of fused-ring (bicyclic) bond motifs is 2. The van der Waals surface area contributed by atoms with Crippen molar-refractivity contribution in [2.45, 2.75) is 32.1 Å². The SMILES string of the molecule is CCOC(=O)P1C2C(C)=C(C)C1C(C(=O)OC)=C2C(=O)OC.[C-]#[O+].[C-]#[O+].[C-]#[O+].[C-]#[O+].[C-]#[O+].[W]. The predicted molar refractivity (Wildman–Crippen MR) is 101 cm³/mol. The second kappa shape index (κ2) is 24.4. The van der Waals surface area contributed by atoms with E-state index in [0.29, 0.717) is 0 Å². The van der Waals surface area contributed by atoms with Gasteiger partial charge in [-0.05, 0) is 20.8 Å². The first-order valence-corrected chi connectivity index (χ1v) is 9.43. The van der Waals surface area contributed by atoms with E-state index < -0.39 is 31.2 Å². The maximum absolute atomic E-state index is 12.4. The Balaban J connectivity index is -0.000000210. The molecule has 0 N–H and O–H groups in total. The number of allylic oxidation sites excluding steroid dienone is 2. The van der Waals surface area contributed by atoms with Gasteiger partial charge in [0.2, 0.25) is 0 Å². The van der Waals surface area contributed by atoms with Gasteiger partial charge in [-0.3, -0.25) is 0 Å². The zero-order chi connectivity index (χ0) is 26.6. The van der Waals surface area contributed by atoms with Gasteiger partial charge in [0, 0.05) is 40.3 Å². The predicted octanol–water partition coefficient (Wildman–Crippen LogP) is 2.18. The molecule has 0 saturated heterocycles. The van der Waals surface area contributed by atoms with Crippen LogP contribution >= 0.6 is 7.92 Å². The molecule has 2 unspecified atom stereocenters. The van der Waals surface area contributed by atoms with E-state index in [0.717, 1.165) is 11.1 Å². The van der Waals surface area contributed by atoms with Crippen molar-refractivity contribution >= 4 is 25.6 Å². The van der Waals surface area contributed by atoms with Gasteiger partial charge in [0.25, 0.3) is 0 Å². The van der Waals surface area contributed by atoms with Crippen LogP contribution < -0.4 is 0 Å². The van der Waals surface area contributed by atoms with E-state index in [1.54, 1.807) is 6.92 Å². The molecule has 11 nitrogen and oxygen atoms in total. The first-order chi connectivity index (χ1) is 15.4. The number of carbonyl (C=O) groups is 3. The molecule has 2 heterocycles. The molecule has 2 rings (SSSR count). The molecule has 0 aromatic rings. The molecule has 2 aliphatic rings. The Hall–Kier alpha value is -2.29. The van der Waals surface area contributed by atoms with Crippen molar-refractivity contribution in [3.8, 4) is 0 Å². The molecule has 2 aliphatic heterocycles. The molecule has 0 spiro atoms. The fourth-order valence-corrected chi connectivity index (χ4v) is 6.36. The van der Waals surface area contributed by atoms with Crippen LogP contribution in [-0.4, -0.2) is 49.8 Å². The van der Waals surface area contributed by atoms with E-state index in [9.17, 15) is 14.4 Å². The van der Waals surface area contributed by atoms with Gasteiger partial charge in [0.05, 0.1) is 32.0 Å². The van der Waals surface area contributed by atoms with E-state index in [2.05, 4.69) is 33.3 Å². The van der Waals surface area contributed by atoms with Crippen LogP contribution in [0, 0.1) is 33.3 Å². The Bertz CT molecular complexity index is 741. The van der Waals surface area contributed by atoms with Crippen molar-refractivity contribution in [2.24, 2.45) is 0 Å². The molecule has 0 radical (unpaired) electrons. The Morgan fingerprint density at radius 1 is 0.758 bits per heavy atom. The average molecular weight is 650 g/mol. The number of ether oxygens (including phenoxy) is 3. The molecule has 0 aromatic heterocycles. The Morgan fingerprint density at radius 3 is 1.24 bits per heavy atom. The van der Waals surface area contributed by atoms with Crippen molar-refractivity contribution in [3.05, 3.63) is 55.5 Å².